The van der Waals surface area contributed by atoms with Crippen LogP contribution in [0.1, 0.15) is 47.8 Å². The molecule has 3 heterocycles. The molecular weight excluding hydrogens is 436 g/mol. The zero-order valence-corrected chi connectivity index (χ0v) is 19.6. The van der Waals surface area contributed by atoms with Crippen LogP contribution in [-0.2, 0) is 25.3 Å². The van der Waals surface area contributed by atoms with E-state index in [1.807, 2.05) is 0 Å². The Morgan fingerprint density at radius 2 is 1.97 bits per heavy atom. The van der Waals surface area contributed by atoms with Crippen molar-refractivity contribution < 1.29 is 14.9 Å². The summed E-state index contributed by atoms with van der Waals surface area (Å²) in [5.41, 5.74) is 4.50. The Morgan fingerprint density at radius 3 is 2.79 bits per heavy atom. The molecule has 1 spiro atoms. The fourth-order valence-electron chi connectivity index (χ4n) is 7.93. The molecule has 5 aliphatic rings. The first-order valence-electron chi connectivity index (χ1n) is 12.1. The van der Waals surface area contributed by atoms with Crippen LogP contribution in [0.5, 0.6) is 11.5 Å². The average Bonchev–Trinajstić information content (AvgIpc) is 3.47. The highest BCUT2D eigenvalue weighted by molar-refractivity contribution is 5.87. The number of hydrogen-bond donors (Lipinski definition) is 2. The Morgan fingerprint density at radius 1 is 1.15 bits per heavy atom. The maximum atomic E-state index is 12.8. The molecule has 6 heteroatoms. The molecule has 0 amide bonds. The Kier molecular flexibility index (Phi) is 3.83. The monoisotopic (exact) mass is 464 g/mol. The van der Waals surface area contributed by atoms with Gasteiger partial charge in [0, 0.05) is 42.5 Å². The minimum Gasteiger partial charge on any atom is -0.504 e. The standard InChI is InChI=1S/C27H28N2O3.ClH/c1-28-19-5-3-2-4-17(19)18-13-27(31)21-12-16-8-9-20(30)24-22(16)26(27,25(32-24)23(18)28)10-11-29(21)14-15-6-7-15;/h2-5,8-9,15,21,25,30-31H,6-7,10-14H2,1H3;1H/t21-,25+,26+,27-;/m1./s1. The van der Waals surface area contributed by atoms with Crippen molar-refractivity contribution in [2.75, 3.05) is 13.1 Å². The van der Waals surface area contributed by atoms with E-state index in [0.717, 1.165) is 37.4 Å². The number of phenolic OH excluding ortho intramolecular Hbond substituents is 1. The number of halogens is 1. The van der Waals surface area contributed by atoms with E-state index >= 15 is 0 Å². The summed E-state index contributed by atoms with van der Waals surface area (Å²) < 4.78 is 8.96. The lowest BCUT2D eigenvalue weighted by atomic mass is 9.49. The van der Waals surface area contributed by atoms with Crippen LogP contribution in [-0.4, -0.2) is 44.4 Å². The maximum absolute atomic E-state index is 12.8. The third-order valence-corrected chi connectivity index (χ3v) is 9.47. The van der Waals surface area contributed by atoms with Crippen molar-refractivity contribution in [1.82, 2.24) is 9.47 Å². The third-order valence-electron chi connectivity index (χ3n) is 9.47. The van der Waals surface area contributed by atoms with Crippen molar-refractivity contribution in [3.8, 4) is 11.5 Å². The average molecular weight is 465 g/mol. The number of phenols is 1. The Balaban J connectivity index is 0.00000190. The molecule has 0 unspecified atom stereocenters. The van der Waals surface area contributed by atoms with Crippen molar-refractivity contribution in [3.63, 3.8) is 0 Å². The number of fused-ring (bicyclic) bond motifs is 4. The second kappa shape index (κ2) is 6.26. The summed E-state index contributed by atoms with van der Waals surface area (Å²) >= 11 is 0. The van der Waals surface area contributed by atoms with Gasteiger partial charge in [0.05, 0.1) is 16.7 Å². The molecule has 2 aromatic carbocycles. The van der Waals surface area contributed by atoms with Gasteiger partial charge in [0.1, 0.15) is 0 Å². The van der Waals surface area contributed by atoms with E-state index in [4.69, 9.17) is 4.74 Å². The largest absolute Gasteiger partial charge is 0.504 e. The van der Waals surface area contributed by atoms with Gasteiger partial charge in [-0.15, -0.1) is 12.4 Å². The number of ether oxygens (including phenoxy) is 1. The summed E-state index contributed by atoms with van der Waals surface area (Å²) in [4.78, 5) is 2.59. The molecule has 4 atom stereocenters. The lowest BCUT2D eigenvalue weighted by Gasteiger charge is -2.63. The van der Waals surface area contributed by atoms with Crippen LogP contribution in [0.3, 0.4) is 0 Å². The van der Waals surface area contributed by atoms with Crippen LogP contribution < -0.4 is 4.74 Å². The molecule has 5 nitrogen and oxygen atoms in total. The van der Waals surface area contributed by atoms with E-state index in [1.54, 1.807) is 6.07 Å². The first-order valence-corrected chi connectivity index (χ1v) is 12.1. The molecule has 2 fully saturated rings. The molecule has 0 radical (unpaired) electrons. The second-order valence-electron chi connectivity index (χ2n) is 10.9. The number of rotatable bonds is 2. The molecule has 1 saturated heterocycles. The Labute approximate surface area is 199 Å². The molecule has 172 valence electrons. The van der Waals surface area contributed by atoms with Crippen molar-refractivity contribution in [1.29, 1.82) is 0 Å². The number of aromatic nitrogens is 1. The summed E-state index contributed by atoms with van der Waals surface area (Å²) in [5, 5.41) is 24.8. The van der Waals surface area contributed by atoms with E-state index in [1.165, 1.54) is 40.6 Å². The lowest BCUT2D eigenvalue weighted by Crippen LogP contribution is -2.74. The summed E-state index contributed by atoms with van der Waals surface area (Å²) in [5.74, 6) is 1.60. The smallest absolute Gasteiger partial charge is 0.166 e. The number of hydrogen-bond acceptors (Lipinski definition) is 4. The van der Waals surface area contributed by atoms with Gasteiger partial charge in [-0.25, -0.2) is 0 Å². The Bertz CT molecular complexity index is 1330. The van der Waals surface area contributed by atoms with Crippen molar-refractivity contribution in [2.24, 2.45) is 13.0 Å². The highest BCUT2D eigenvalue weighted by Gasteiger charge is 2.73. The molecule has 3 aromatic rings. The number of aryl methyl sites for hydroxylation is 1. The summed E-state index contributed by atoms with van der Waals surface area (Å²) in [7, 11) is 2.12. The van der Waals surface area contributed by atoms with Gasteiger partial charge in [0.2, 0.25) is 0 Å². The normalized spacial score (nSPS) is 33.3. The first-order chi connectivity index (χ1) is 15.5. The first kappa shape index (κ1) is 20.2. The van der Waals surface area contributed by atoms with Gasteiger partial charge in [0.15, 0.2) is 17.6 Å². The van der Waals surface area contributed by atoms with Crippen LogP contribution in [0, 0.1) is 5.92 Å². The number of aliphatic hydroxyl groups is 1. The molecule has 2 bridgehead atoms. The second-order valence-corrected chi connectivity index (χ2v) is 10.9. The third kappa shape index (κ3) is 2.18. The van der Waals surface area contributed by atoms with Gasteiger partial charge in [0.25, 0.3) is 0 Å². The minimum atomic E-state index is -0.909. The van der Waals surface area contributed by atoms with Crippen molar-refractivity contribution >= 4 is 23.3 Å². The molecule has 1 aromatic heterocycles. The van der Waals surface area contributed by atoms with E-state index < -0.39 is 11.0 Å². The van der Waals surface area contributed by atoms with E-state index in [2.05, 4.69) is 46.8 Å². The number of benzene rings is 2. The Hall–Kier alpha value is -2.21. The SMILES string of the molecule is Cl.Cn1c2c(c3ccccc31)C[C@@]1(O)[C@H]3Cc4ccc(O)c5c4[C@@]1(CCN3CC1CC1)[C@H]2O5. The van der Waals surface area contributed by atoms with Gasteiger partial charge in [-0.05, 0) is 61.4 Å². The molecule has 2 aliphatic heterocycles. The number of para-hydroxylation sites is 1. The number of nitrogens with zero attached hydrogens (tertiary/aromatic N) is 2. The fraction of sp³-hybridized carbons (Fsp3) is 0.481. The van der Waals surface area contributed by atoms with Crippen LogP contribution in [0.4, 0.5) is 0 Å². The summed E-state index contributed by atoms with van der Waals surface area (Å²) in [6.07, 6.45) is 4.69. The van der Waals surface area contributed by atoms with Crippen LogP contribution >= 0.6 is 12.4 Å². The summed E-state index contributed by atoms with van der Waals surface area (Å²) in [6.45, 7) is 2.08. The number of aromatic hydroxyl groups is 1. The zero-order valence-electron chi connectivity index (χ0n) is 18.8. The van der Waals surface area contributed by atoms with Crippen LogP contribution in [0.15, 0.2) is 36.4 Å². The summed E-state index contributed by atoms with van der Waals surface area (Å²) in [6, 6.07) is 12.5. The van der Waals surface area contributed by atoms with Crippen LogP contribution in [0.25, 0.3) is 10.9 Å². The molecule has 2 N–H and O–H groups in total. The highest BCUT2D eigenvalue weighted by atomic mass is 35.5. The molecule has 33 heavy (non-hydrogen) atoms. The molecule has 3 aliphatic carbocycles. The quantitative estimate of drug-likeness (QED) is 0.601. The highest BCUT2D eigenvalue weighted by Crippen LogP contribution is 2.69. The predicted molar refractivity (Wildman–Crippen MR) is 128 cm³/mol. The molecule has 8 rings (SSSR count). The molecule has 1 saturated carbocycles. The van der Waals surface area contributed by atoms with E-state index in [-0.39, 0.29) is 30.3 Å². The fourth-order valence-corrected chi connectivity index (χ4v) is 7.93. The van der Waals surface area contributed by atoms with E-state index in [9.17, 15) is 10.2 Å². The minimum absolute atomic E-state index is 0. The van der Waals surface area contributed by atoms with E-state index in [0.29, 0.717) is 12.2 Å². The van der Waals surface area contributed by atoms with Gasteiger partial charge < -0.3 is 19.5 Å². The maximum Gasteiger partial charge on any atom is 0.166 e. The predicted octanol–water partition coefficient (Wildman–Crippen LogP) is 4.00. The van der Waals surface area contributed by atoms with Gasteiger partial charge >= 0.3 is 0 Å². The zero-order chi connectivity index (χ0) is 21.4. The van der Waals surface area contributed by atoms with Gasteiger partial charge in [-0.2, -0.15) is 0 Å². The topological polar surface area (TPSA) is 57.9 Å². The lowest BCUT2D eigenvalue weighted by molar-refractivity contribution is -0.173. The van der Waals surface area contributed by atoms with Crippen molar-refractivity contribution in [2.45, 2.75) is 55.3 Å². The molecular formula is C27H29ClN2O3. The van der Waals surface area contributed by atoms with Crippen molar-refractivity contribution in [3.05, 3.63) is 58.8 Å². The van der Waals surface area contributed by atoms with Gasteiger partial charge in [-0.3, -0.25) is 4.90 Å². The number of piperidine rings is 1. The number of likely N-dealkylation sites (tertiary alicyclic amines) is 1. The van der Waals surface area contributed by atoms with Crippen LogP contribution in [0.2, 0.25) is 0 Å². The van der Waals surface area contributed by atoms with Gasteiger partial charge in [-0.1, -0.05) is 24.3 Å².